The Balaban J connectivity index is 2.01. The third kappa shape index (κ3) is 4.66. The zero-order chi connectivity index (χ0) is 21.8. The molecule has 0 aliphatic heterocycles. The zero-order valence-corrected chi connectivity index (χ0v) is 17.5. The van der Waals surface area contributed by atoms with Crippen molar-refractivity contribution >= 4 is 16.9 Å². The van der Waals surface area contributed by atoms with Crippen molar-refractivity contribution in [2.45, 2.75) is 46.7 Å². The Bertz CT molecular complexity index is 1030. The van der Waals surface area contributed by atoms with Crippen LogP contribution in [0.1, 0.15) is 49.8 Å². The molecule has 0 aliphatic carbocycles. The summed E-state index contributed by atoms with van der Waals surface area (Å²) in [5, 5.41) is 0. The lowest BCUT2D eigenvalue weighted by atomic mass is 10.1. The van der Waals surface area contributed by atoms with Gasteiger partial charge in [0.25, 0.3) is 5.91 Å². The van der Waals surface area contributed by atoms with E-state index in [0.717, 1.165) is 24.1 Å². The Morgan fingerprint density at radius 2 is 1.83 bits per heavy atom. The number of aromatic nitrogens is 2. The van der Waals surface area contributed by atoms with Crippen molar-refractivity contribution in [2.24, 2.45) is 5.92 Å². The molecule has 2 aromatic carbocycles. The van der Waals surface area contributed by atoms with E-state index in [9.17, 15) is 18.0 Å². The second-order valence-corrected chi connectivity index (χ2v) is 7.82. The highest BCUT2D eigenvalue weighted by atomic mass is 19.1. The van der Waals surface area contributed by atoms with E-state index in [1.165, 1.54) is 23.1 Å². The number of benzene rings is 2. The first kappa shape index (κ1) is 21.9. The molecule has 0 spiro atoms. The van der Waals surface area contributed by atoms with Crippen LogP contribution in [0.4, 0.5) is 13.2 Å². The molecule has 3 rings (SSSR count). The van der Waals surface area contributed by atoms with Gasteiger partial charge in [0.05, 0.1) is 17.6 Å². The van der Waals surface area contributed by atoms with Crippen LogP contribution >= 0.6 is 0 Å². The van der Waals surface area contributed by atoms with Gasteiger partial charge in [0.2, 0.25) is 0 Å². The first-order chi connectivity index (χ1) is 14.3. The van der Waals surface area contributed by atoms with Crippen molar-refractivity contribution in [1.82, 2.24) is 14.5 Å². The standard InChI is InChI=1S/C23H26F3N3O/c1-4-11-29-20-9-8-16(24)13-19(20)27-21(29)14-28(12-10-15(2)3)23(30)22-17(25)6-5-7-18(22)26/h5-9,13,15H,4,10-12,14H2,1-3H3. The van der Waals surface area contributed by atoms with Gasteiger partial charge >= 0.3 is 0 Å². The number of carbonyl (C=O) groups excluding carboxylic acids is 1. The smallest absolute Gasteiger partial charge is 0.260 e. The van der Waals surface area contributed by atoms with Crippen LogP contribution in [-0.4, -0.2) is 26.9 Å². The van der Waals surface area contributed by atoms with Gasteiger partial charge in [0, 0.05) is 19.2 Å². The highest BCUT2D eigenvalue weighted by Crippen LogP contribution is 2.22. The van der Waals surface area contributed by atoms with Crippen LogP contribution < -0.4 is 0 Å². The quantitative estimate of drug-likeness (QED) is 0.482. The van der Waals surface area contributed by atoms with Gasteiger partial charge < -0.3 is 9.47 Å². The molecule has 1 amide bonds. The summed E-state index contributed by atoms with van der Waals surface area (Å²) < 4.78 is 44.1. The van der Waals surface area contributed by atoms with Crippen LogP contribution in [0.15, 0.2) is 36.4 Å². The van der Waals surface area contributed by atoms with Gasteiger partial charge in [-0.2, -0.15) is 0 Å². The van der Waals surface area contributed by atoms with E-state index >= 15 is 0 Å². The van der Waals surface area contributed by atoms with E-state index < -0.39 is 28.9 Å². The first-order valence-corrected chi connectivity index (χ1v) is 10.2. The number of hydrogen-bond acceptors (Lipinski definition) is 2. The average molecular weight is 417 g/mol. The maximum Gasteiger partial charge on any atom is 0.260 e. The summed E-state index contributed by atoms with van der Waals surface area (Å²) in [7, 11) is 0. The lowest BCUT2D eigenvalue weighted by Gasteiger charge is -2.24. The minimum atomic E-state index is -0.890. The van der Waals surface area contributed by atoms with Gasteiger partial charge in [-0.1, -0.05) is 26.8 Å². The number of carbonyl (C=O) groups is 1. The fourth-order valence-electron chi connectivity index (χ4n) is 3.44. The predicted octanol–water partition coefficient (Wildman–Crippen LogP) is 5.55. The van der Waals surface area contributed by atoms with E-state index in [1.807, 2.05) is 25.3 Å². The van der Waals surface area contributed by atoms with Crippen molar-refractivity contribution in [3.8, 4) is 0 Å². The maximum absolute atomic E-state index is 14.3. The van der Waals surface area contributed by atoms with Crippen molar-refractivity contribution in [3.63, 3.8) is 0 Å². The molecule has 0 saturated carbocycles. The molecular formula is C23H26F3N3O. The summed E-state index contributed by atoms with van der Waals surface area (Å²) >= 11 is 0. The number of imidazole rings is 1. The third-order valence-electron chi connectivity index (χ3n) is 5.01. The Morgan fingerprint density at radius 3 is 2.47 bits per heavy atom. The average Bonchev–Trinajstić information content (AvgIpc) is 3.01. The first-order valence-electron chi connectivity index (χ1n) is 10.2. The van der Waals surface area contributed by atoms with Crippen LogP contribution in [0.25, 0.3) is 11.0 Å². The molecule has 0 fully saturated rings. The maximum atomic E-state index is 14.3. The van der Waals surface area contributed by atoms with Gasteiger partial charge in [-0.15, -0.1) is 0 Å². The summed E-state index contributed by atoms with van der Waals surface area (Å²) in [5.74, 6) is -2.03. The number of hydrogen-bond donors (Lipinski definition) is 0. The van der Waals surface area contributed by atoms with Crippen LogP contribution in [0.2, 0.25) is 0 Å². The van der Waals surface area contributed by atoms with Crippen molar-refractivity contribution in [3.05, 3.63) is 65.2 Å². The molecule has 160 valence electrons. The van der Waals surface area contributed by atoms with Gasteiger partial charge in [-0.05, 0) is 43.0 Å². The van der Waals surface area contributed by atoms with Crippen molar-refractivity contribution in [1.29, 1.82) is 0 Å². The SMILES string of the molecule is CCCn1c(CN(CCC(C)C)C(=O)c2c(F)cccc2F)nc2cc(F)ccc21. The molecule has 4 nitrogen and oxygen atoms in total. The topological polar surface area (TPSA) is 38.1 Å². The molecule has 0 N–H and O–H groups in total. The minimum absolute atomic E-state index is 0.0790. The zero-order valence-electron chi connectivity index (χ0n) is 17.5. The van der Waals surface area contributed by atoms with E-state index in [4.69, 9.17) is 0 Å². The summed E-state index contributed by atoms with van der Waals surface area (Å²) in [5.41, 5.74) is 0.693. The van der Waals surface area contributed by atoms with Crippen LogP contribution in [0, 0.1) is 23.4 Å². The Kier molecular flexibility index (Phi) is 6.80. The third-order valence-corrected chi connectivity index (χ3v) is 5.01. The van der Waals surface area contributed by atoms with Gasteiger partial charge in [0.15, 0.2) is 0 Å². The molecule has 0 aliphatic rings. The highest BCUT2D eigenvalue weighted by Gasteiger charge is 2.25. The molecule has 3 aromatic rings. The summed E-state index contributed by atoms with van der Waals surface area (Å²) in [6.45, 7) is 7.08. The number of rotatable bonds is 8. The summed E-state index contributed by atoms with van der Waals surface area (Å²) in [6.07, 6.45) is 1.49. The van der Waals surface area contributed by atoms with E-state index in [0.29, 0.717) is 36.8 Å². The lowest BCUT2D eigenvalue weighted by Crippen LogP contribution is -2.34. The molecule has 0 atom stereocenters. The molecule has 7 heteroatoms. The number of amides is 1. The number of nitrogens with zero attached hydrogens (tertiary/aromatic N) is 3. The molecule has 30 heavy (non-hydrogen) atoms. The van der Waals surface area contributed by atoms with Gasteiger partial charge in [-0.25, -0.2) is 18.2 Å². The highest BCUT2D eigenvalue weighted by molar-refractivity contribution is 5.94. The number of aryl methyl sites for hydroxylation is 1. The van der Waals surface area contributed by atoms with E-state index in [1.54, 1.807) is 6.07 Å². The Morgan fingerprint density at radius 1 is 1.13 bits per heavy atom. The largest absolute Gasteiger partial charge is 0.331 e. The summed E-state index contributed by atoms with van der Waals surface area (Å²) in [4.78, 5) is 19.0. The monoisotopic (exact) mass is 417 g/mol. The van der Waals surface area contributed by atoms with E-state index in [2.05, 4.69) is 4.98 Å². The molecular weight excluding hydrogens is 391 g/mol. The van der Waals surface area contributed by atoms with Gasteiger partial charge in [0.1, 0.15) is 28.8 Å². The molecule has 0 unspecified atom stereocenters. The summed E-state index contributed by atoms with van der Waals surface area (Å²) in [6, 6.07) is 7.76. The van der Waals surface area contributed by atoms with Crippen molar-refractivity contribution < 1.29 is 18.0 Å². The fourth-order valence-corrected chi connectivity index (χ4v) is 3.44. The van der Waals surface area contributed by atoms with Crippen LogP contribution in [0.3, 0.4) is 0 Å². The number of fused-ring (bicyclic) bond motifs is 1. The normalized spacial score (nSPS) is 11.4. The van der Waals surface area contributed by atoms with Crippen molar-refractivity contribution in [2.75, 3.05) is 6.54 Å². The fraction of sp³-hybridized carbons (Fsp3) is 0.391. The second kappa shape index (κ2) is 9.32. The molecule has 0 saturated heterocycles. The molecule has 1 aromatic heterocycles. The molecule has 0 bridgehead atoms. The predicted molar refractivity (Wildman–Crippen MR) is 111 cm³/mol. The number of halogens is 3. The molecule has 0 radical (unpaired) electrons. The Labute approximate surface area is 174 Å². The minimum Gasteiger partial charge on any atom is -0.331 e. The van der Waals surface area contributed by atoms with Gasteiger partial charge in [-0.3, -0.25) is 4.79 Å². The Hall–Kier alpha value is -2.83. The second-order valence-electron chi connectivity index (χ2n) is 7.82. The van der Waals surface area contributed by atoms with Crippen LogP contribution in [-0.2, 0) is 13.1 Å². The molecule has 1 heterocycles. The van der Waals surface area contributed by atoms with E-state index in [-0.39, 0.29) is 6.54 Å². The lowest BCUT2D eigenvalue weighted by molar-refractivity contribution is 0.0719. The van der Waals surface area contributed by atoms with Crippen LogP contribution in [0.5, 0.6) is 0 Å².